The fourth-order valence-corrected chi connectivity index (χ4v) is 1.88. The van der Waals surface area contributed by atoms with Crippen LogP contribution in [0.3, 0.4) is 0 Å². The molecule has 0 saturated heterocycles. The summed E-state index contributed by atoms with van der Waals surface area (Å²) < 4.78 is 10.4. The highest BCUT2D eigenvalue weighted by molar-refractivity contribution is 6.05. The van der Waals surface area contributed by atoms with Crippen molar-refractivity contribution in [3.8, 4) is 11.5 Å². The maximum atomic E-state index is 12.2. The summed E-state index contributed by atoms with van der Waals surface area (Å²) in [5, 5.41) is 5.83. The molecule has 2 aromatic carbocycles. The van der Waals surface area contributed by atoms with Crippen molar-refractivity contribution in [1.29, 1.82) is 0 Å². The van der Waals surface area contributed by atoms with Crippen molar-refractivity contribution >= 4 is 17.3 Å². The molecule has 0 fully saturated rings. The first-order valence-corrected chi connectivity index (χ1v) is 6.49. The molecule has 5 heteroatoms. The molecule has 0 spiro atoms. The molecule has 5 nitrogen and oxygen atoms in total. The van der Waals surface area contributed by atoms with Crippen LogP contribution < -0.4 is 20.1 Å². The summed E-state index contributed by atoms with van der Waals surface area (Å²) in [6.07, 6.45) is 0. The van der Waals surface area contributed by atoms with Gasteiger partial charge in [-0.1, -0.05) is 0 Å². The second-order valence-electron chi connectivity index (χ2n) is 4.35. The van der Waals surface area contributed by atoms with Crippen LogP contribution >= 0.6 is 0 Å². The third kappa shape index (κ3) is 3.45. The van der Waals surface area contributed by atoms with Crippen LogP contribution in [0.25, 0.3) is 0 Å². The summed E-state index contributed by atoms with van der Waals surface area (Å²) >= 11 is 0. The third-order valence-corrected chi connectivity index (χ3v) is 3.09. The molecule has 0 aliphatic rings. The number of nitrogens with one attached hydrogen (secondary N) is 2. The number of benzene rings is 2. The van der Waals surface area contributed by atoms with Gasteiger partial charge in [0.05, 0.1) is 19.9 Å². The van der Waals surface area contributed by atoms with E-state index in [-0.39, 0.29) is 5.91 Å². The molecular weight excluding hydrogens is 268 g/mol. The molecular formula is C16H18N2O3. The van der Waals surface area contributed by atoms with Gasteiger partial charge in [0, 0.05) is 24.4 Å². The lowest BCUT2D eigenvalue weighted by Gasteiger charge is -2.12. The number of amides is 1. The average molecular weight is 286 g/mol. The fraction of sp³-hybridized carbons (Fsp3) is 0.188. The van der Waals surface area contributed by atoms with Gasteiger partial charge in [-0.05, 0) is 36.4 Å². The molecule has 0 aliphatic carbocycles. The second kappa shape index (κ2) is 6.65. The minimum absolute atomic E-state index is 0.193. The molecule has 0 aliphatic heterocycles. The summed E-state index contributed by atoms with van der Waals surface area (Å²) in [5.74, 6) is 1.03. The topological polar surface area (TPSA) is 59.6 Å². The summed E-state index contributed by atoms with van der Waals surface area (Å²) in [5.41, 5.74) is 2.13. The van der Waals surface area contributed by atoms with Crippen LogP contribution in [0.1, 0.15) is 10.4 Å². The Bertz CT molecular complexity index is 624. The fourth-order valence-electron chi connectivity index (χ4n) is 1.88. The minimum Gasteiger partial charge on any atom is -0.497 e. The van der Waals surface area contributed by atoms with Crippen LogP contribution in [0.4, 0.5) is 11.4 Å². The number of carbonyl (C=O) groups is 1. The first kappa shape index (κ1) is 14.7. The number of carbonyl (C=O) groups excluding carboxylic acids is 1. The van der Waals surface area contributed by atoms with Crippen molar-refractivity contribution < 1.29 is 14.3 Å². The molecule has 0 unspecified atom stereocenters. The van der Waals surface area contributed by atoms with Crippen molar-refractivity contribution in [2.75, 3.05) is 31.9 Å². The van der Waals surface area contributed by atoms with Crippen LogP contribution in [0.2, 0.25) is 0 Å². The van der Waals surface area contributed by atoms with Crippen LogP contribution in [0.5, 0.6) is 11.5 Å². The monoisotopic (exact) mass is 286 g/mol. The molecule has 2 rings (SSSR count). The lowest BCUT2D eigenvalue weighted by molar-refractivity contribution is 0.102. The predicted octanol–water partition coefficient (Wildman–Crippen LogP) is 3.00. The maximum absolute atomic E-state index is 12.2. The quantitative estimate of drug-likeness (QED) is 0.887. The van der Waals surface area contributed by atoms with Crippen LogP contribution in [0, 0.1) is 0 Å². The van der Waals surface area contributed by atoms with Gasteiger partial charge >= 0.3 is 0 Å². The van der Waals surface area contributed by atoms with Gasteiger partial charge in [-0.25, -0.2) is 0 Å². The highest BCUT2D eigenvalue weighted by Crippen LogP contribution is 2.29. The van der Waals surface area contributed by atoms with Crippen molar-refractivity contribution in [3.63, 3.8) is 0 Å². The van der Waals surface area contributed by atoms with Gasteiger partial charge in [0.15, 0.2) is 0 Å². The highest BCUT2D eigenvalue weighted by atomic mass is 16.5. The lowest BCUT2D eigenvalue weighted by Crippen LogP contribution is -2.12. The number of hydrogen-bond acceptors (Lipinski definition) is 4. The summed E-state index contributed by atoms with van der Waals surface area (Å²) in [7, 11) is 4.96. The van der Waals surface area contributed by atoms with E-state index in [1.54, 1.807) is 44.6 Å². The SMILES string of the molecule is CNc1ccc(C(=O)Nc2ccc(OC)cc2OC)cc1. The first-order chi connectivity index (χ1) is 10.2. The van der Waals surface area contributed by atoms with E-state index in [4.69, 9.17) is 9.47 Å². The Morgan fingerprint density at radius 1 is 1.00 bits per heavy atom. The molecule has 2 N–H and O–H groups in total. The summed E-state index contributed by atoms with van der Waals surface area (Å²) in [4.78, 5) is 12.2. The number of methoxy groups -OCH3 is 2. The molecule has 21 heavy (non-hydrogen) atoms. The van der Waals surface area contributed by atoms with Gasteiger partial charge in [-0.3, -0.25) is 4.79 Å². The molecule has 0 bridgehead atoms. The largest absolute Gasteiger partial charge is 0.497 e. The smallest absolute Gasteiger partial charge is 0.255 e. The Balaban J connectivity index is 2.18. The number of anilines is 2. The van der Waals surface area contributed by atoms with Crippen LogP contribution in [-0.4, -0.2) is 27.2 Å². The van der Waals surface area contributed by atoms with Gasteiger partial charge in [-0.15, -0.1) is 0 Å². The number of ether oxygens (including phenoxy) is 2. The van der Waals surface area contributed by atoms with Gasteiger partial charge in [-0.2, -0.15) is 0 Å². The van der Waals surface area contributed by atoms with E-state index in [1.165, 1.54) is 0 Å². The van der Waals surface area contributed by atoms with Gasteiger partial charge in [0.2, 0.25) is 0 Å². The Kier molecular flexibility index (Phi) is 4.66. The molecule has 110 valence electrons. The average Bonchev–Trinajstić information content (AvgIpc) is 2.55. The zero-order valence-electron chi connectivity index (χ0n) is 12.3. The molecule has 0 radical (unpaired) electrons. The molecule has 0 atom stereocenters. The van der Waals surface area contributed by atoms with E-state index in [1.807, 2.05) is 19.2 Å². The van der Waals surface area contributed by atoms with Gasteiger partial charge in [0.25, 0.3) is 5.91 Å². The lowest BCUT2D eigenvalue weighted by atomic mass is 10.2. The van der Waals surface area contributed by atoms with E-state index >= 15 is 0 Å². The van der Waals surface area contributed by atoms with Crippen LogP contribution in [0.15, 0.2) is 42.5 Å². The van der Waals surface area contributed by atoms with E-state index in [9.17, 15) is 4.79 Å². The third-order valence-electron chi connectivity index (χ3n) is 3.09. The Morgan fingerprint density at radius 2 is 1.71 bits per heavy atom. The van der Waals surface area contributed by atoms with Crippen molar-refractivity contribution in [1.82, 2.24) is 0 Å². The van der Waals surface area contributed by atoms with Gasteiger partial charge < -0.3 is 20.1 Å². The molecule has 2 aromatic rings. The van der Waals surface area contributed by atoms with E-state index in [0.717, 1.165) is 5.69 Å². The molecule has 0 saturated carbocycles. The highest BCUT2D eigenvalue weighted by Gasteiger charge is 2.10. The maximum Gasteiger partial charge on any atom is 0.255 e. The molecule has 0 aromatic heterocycles. The first-order valence-electron chi connectivity index (χ1n) is 6.49. The normalized spacial score (nSPS) is 9.86. The van der Waals surface area contributed by atoms with Crippen molar-refractivity contribution in [2.45, 2.75) is 0 Å². The second-order valence-corrected chi connectivity index (χ2v) is 4.35. The molecule has 1 amide bonds. The van der Waals surface area contributed by atoms with E-state index in [2.05, 4.69) is 10.6 Å². The summed E-state index contributed by atoms with van der Waals surface area (Å²) in [6.45, 7) is 0. The van der Waals surface area contributed by atoms with E-state index in [0.29, 0.717) is 22.7 Å². The zero-order valence-corrected chi connectivity index (χ0v) is 12.3. The minimum atomic E-state index is -0.193. The van der Waals surface area contributed by atoms with Crippen LogP contribution in [-0.2, 0) is 0 Å². The zero-order chi connectivity index (χ0) is 15.2. The number of hydrogen-bond donors (Lipinski definition) is 2. The Labute approximate surface area is 123 Å². The number of rotatable bonds is 5. The van der Waals surface area contributed by atoms with Crippen molar-refractivity contribution in [2.24, 2.45) is 0 Å². The Morgan fingerprint density at radius 3 is 2.29 bits per heavy atom. The molecule has 0 heterocycles. The summed E-state index contributed by atoms with van der Waals surface area (Å²) in [6, 6.07) is 12.5. The predicted molar refractivity (Wildman–Crippen MR) is 83.5 cm³/mol. The van der Waals surface area contributed by atoms with E-state index < -0.39 is 0 Å². The Hall–Kier alpha value is -2.69. The van der Waals surface area contributed by atoms with Gasteiger partial charge in [0.1, 0.15) is 11.5 Å². The van der Waals surface area contributed by atoms with Crippen molar-refractivity contribution in [3.05, 3.63) is 48.0 Å². The standard InChI is InChI=1S/C16H18N2O3/c1-17-12-6-4-11(5-7-12)16(19)18-14-9-8-13(20-2)10-15(14)21-3/h4-10,17H,1-3H3,(H,18,19).